The molecule has 2 aromatic rings. The highest BCUT2D eigenvalue weighted by Gasteiger charge is 2.15. The van der Waals surface area contributed by atoms with Crippen LogP contribution >= 0.6 is 0 Å². The lowest BCUT2D eigenvalue weighted by Crippen LogP contribution is -2.44. The number of nitrogens with one attached hydrogen (secondary N) is 1. The maximum atomic E-state index is 4.60. The molecular formula is C17H25N5. The number of hydrogen-bond acceptors (Lipinski definition) is 4. The van der Waals surface area contributed by atoms with Crippen molar-refractivity contribution in [1.29, 1.82) is 0 Å². The SMILES string of the molecule is CC(C)(C)c1ccc(Cn2cnc(N3CCNCC3)n2)cc1. The average Bonchev–Trinajstić information content (AvgIpc) is 2.96. The normalized spacial score (nSPS) is 16.0. The smallest absolute Gasteiger partial charge is 0.244 e. The Balaban J connectivity index is 1.67. The largest absolute Gasteiger partial charge is 0.337 e. The molecule has 3 rings (SSSR count). The molecule has 0 unspecified atom stereocenters. The second kappa shape index (κ2) is 6.08. The first-order chi connectivity index (χ1) is 10.5. The summed E-state index contributed by atoms with van der Waals surface area (Å²) >= 11 is 0. The molecule has 1 aliphatic rings. The second-order valence-corrected chi connectivity index (χ2v) is 6.93. The molecule has 0 amide bonds. The molecule has 0 atom stereocenters. The zero-order chi connectivity index (χ0) is 15.6. The molecule has 1 aromatic heterocycles. The van der Waals surface area contributed by atoms with Crippen LogP contribution in [0.4, 0.5) is 5.95 Å². The number of rotatable bonds is 3. The van der Waals surface area contributed by atoms with E-state index in [0.29, 0.717) is 0 Å². The van der Waals surface area contributed by atoms with Gasteiger partial charge in [0.25, 0.3) is 0 Å². The minimum absolute atomic E-state index is 0.196. The van der Waals surface area contributed by atoms with E-state index in [1.54, 1.807) is 0 Å². The number of aromatic nitrogens is 3. The molecule has 0 spiro atoms. The van der Waals surface area contributed by atoms with Crippen LogP contribution in [0.5, 0.6) is 0 Å². The highest BCUT2D eigenvalue weighted by Crippen LogP contribution is 2.22. The van der Waals surface area contributed by atoms with E-state index in [0.717, 1.165) is 38.7 Å². The minimum atomic E-state index is 0.196. The number of piperazine rings is 1. The van der Waals surface area contributed by atoms with Gasteiger partial charge in [-0.2, -0.15) is 0 Å². The molecule has 22 heavy (non-hydrogen) atoms. The van der Waals surface area contributed by atoms with E-state index in [2.05, 4.69) is 65.3 Å². The summed E-state index contributed by atoms with van der Waals surface area (Å²) in [7, 11) is 0. The van der Waals surface area contributed by atoms with Crippen LogP contribution in [-0.2, 0) is 12.0 Å². The first-order valence-corrected chi connectivity index (χ1v) is 7.97. The molecule has 1 fully saturated rings. The highest BCUT2D eigenvalue weighted by molar-refractivity contribution is 5.30. The molecule has 1 N–H and O–H groups in total. The number of hydrogen-bond donors (Lipinski definition) is 1. The van der Waals surface area contributed by atoms with E-state index in [9.17, 15) is 0 Å². The predicted molar refractivity (Wildman–Crippen MR) is 89.3 cm³/mol. The van der Waals surface area contributed by atoms with Crippen molar-refractivity contribution in [3.8, 4) is 0 Å². The zero-order valence-corrected chi connectivity index (χ0v) is 13.7. The zero-order valence-electron chi connectivity index (χ0n) is 13.7. The van der Waals surface area contributed by atoms with Crippen molar-refractivity contribution in [3.63, 3.8) is 0 Å². The van der Waals surface area contributed by atoms with Crippen LogP contribution in [0, 0.1) is 0 Å². The Morgan fingerprint density at radius 2 is 1.77 bits per heavy atom. The van der Waals surface area contributed by atoms with Gasteiger partial charge in [-0.1, -0.05) is 45.0 Å². The Bertz CT molecular complexity index is 603. The third-order valence-electron chi connectivity index (χ3n) is 4.09. The third kappa shape index (κ3) is 3.47. The van der Waals surface area contributed by atoms with Gasteiger partial charge in [0.1, 0.15) is 6.33 Å². The van der Waals surface area contributed by atoms with Gasteiger partial charge < -0.3 is 10.2 Å². The van der Waals surface area contributed by atoms with Gasteiger partial charge in [0.2, 0.25) is 5.95 Å². The molecule has 2 heterocycles. The van der Waals surface area contributed by atoms with Gasteiger partial charge in [0, 0.05) is 26.2 Å². The van der Waals surface area contributed by atoms with Crippen molar-refractivity contribution >= 4 is 5.95 Å². The number of nitrogens with zero attached hydrogens (tertiary/aromatic N) is 4. The molecule has 0 bridgehead atoms. The summed E-state index contributed by atoms with van der Waals surface area (Å²) in [4.78, 5) is 6.67. The van der Waals surface area contributed by atoms with Crippen LogP contribution in [0.15, 0.2) is 30.6 Å². The van der Waals surface area contributed by atoms with Crippen molar-refractivity contribution in [2.24, 2.45) is 0 Å². The van der Waals surface area contributed by atoms with Crippen LogP contribution in [-0.4, -0.2) is 40.9 Å². The first-order valence-electron chi connectivity index (χ1n) is 7.97. The van der Waals surface area contributed by atoms with E-state index in [4.69, 9.17) is 0 Å². The van der Waals surface area contributed by atoms with Crippen LogP contribution in [0.2, 0.25) is 0 Å². The maximum absolute atomic E-state index is 4.60. The number of benzene rings is 1. The van der Waals surface area contributed by atoms with Crippen molar-refractivity contribution < 1.29 is 0 Å². The molecule has 1 saturated heterocycles. The van der Waals surface area contributed by atoms with E-state index in [-0.39, 0.29) is 5.41 Å². The Morgan fingerprint density at radius 3 is 2.41 bits per heavy atom. The van der Waals surface area contributed by atoms with Crippen LogP contribution < -0.4 is 10.2 Å². The molecule has 118 valence electrons. The summed E-state index contributed by atoms with van der Waals surface area (Å²) < 4.78 is 1.92. The van der Waals surface area contributed by atoms with E-state index < -0.39 is 0 Å². The Morgan fingerprint density at radius 1 is 1.09 bits per heavy atom. The molecule has 5 nitrogen and oxygen atoms in total. The summed E-state index contributed by atoms with van der Waals surface area (Å²) in [6.07, 6.45) is 1.83. The maximum Gasteiger partial charge on any atom is 0.244 e. The van der Waals surface area contributed by atoms with Gasteiger partial charge in [-0.05, 0) is 16.5 Å². The molecule has 5 heteroatoms. The lowest BCUT2D eigenvalue weighted by atomic mass is 9.87. The monoisotopic (exact) mass is 299 g/mol. The lowest BCUT2D eigenvalue weighted by molar-refractivity contribution is 0.575. The highest BCUT2D eigenvalue weighted by atomic mass is 15.4. The van der Waals surface area contributed by atoms with Gasteiger partial charge in [0.05, 0.1) is 6.54 Å². The third-order valence-corrected chi connectivity index (χ3v) is 4.09. The summed E-state index contributed by atoms with van der Waals surface area (Å²) in [6.45, 7) is 11.4. The van der Waals surface area contributed by atoms with Crippen molar-refractivity contribution in [1.82, 2.24) is 20.1 Å². The average molecular weight is 299 g/mol. The fourth-order valence-electron chi connectivity index (χ4n) is 2.67. The fraction of sp³-hybridized carbons (Fsp3) is 0.529. The Labute approximate surface area is 132 Å². The molecule has 0 radical (unpaired) electrons. The van der Waals surface area contributed by atoms with Crippen molar-refractivity contribution in [3.05, 3.63) is 41.7 Å². The fourth-order valence-corrected chi connectivity index (χ4v) is 2.67. The lowest BCUT2D eigenvalue weighted by Gasteiger charge is -2.25. The topological polar surface area (TPSA) is 46.0 Å². The van der Waals surface area contributed by atoms with Gasteiger partial charge in [-0.3, -0.25) is 0 Å². The van der Waals surface area contributed by atoms with Gasteiger partial charge in [0.15, 0.2) is 0 Å². The Kier molecular flexibility index (Phi) is 4.16. The van der Waals surface area contributed by atoms with E-state index in [1.165, 1.54) is 11.1 Å². The standard InChI is InChI=1S/C17H25N5/c1-17(2,3)15-6-4-14(5-7-15)12-22-13-19-16(20-22)21-10-8-18-9-11-21/h4-7,13,18H,8-12H2,1-3H3. The molecule has 1 aromatic carbocycles. The quantitative estimate of drug-likeness (QED) is 0.942. The molecule has 0 saturated carbocycles. The van der Waals surface area contributed by atoms with Crippen LogP contribution in [0.3, 0.4) is 0 Å². The van der Waals surface area contributed by atoms with Crippen LogP contribution in [0.1, 0.15) is 31.9 Å². The van der Waals surface area contributed by atoms with Gasteiger partial charge >= 0.3 is 0 Å². The summed E-state index contributed by atoms with van der Waals surface area (Å²) in [6, 6.07) is 8.80. The van der Waals surface area contributed by atoms with E-state index >= 15 is 0 Å². The second-order valence-electron chi connectivity index (χ2n) is 6.93. The summed E-state index contributed by atoms with van der Waals surface area (Å²) in [5, 5.41) is 7.95. The summed E-state index contributed by atoms with van der Waals surface area (Å²) in [5.74, 6) is 0.841. The van der Waals surface area contributed by atoms with E-state index in [1.807, 2.05) is 11.0 Å². The van der Waals surface area contributed by atoms with Gasteiger partial charge in [-0.25, -0.2) is 9.67 Å². The van der Waals surface area contributed by atoms with Crippen LogP contribution in [0.25, 0.3) is 0 Å². The molecule has 0 aliphatic carbocycles. The Hall–Kier alpha value is -1.88. The van der Waals surface area contributed by atoms with Crippen molar-refractivity contribution in [2.45, 2.75) is 32.7 Å². The predicted octanol–water partition coefficient (Wildman–Crippen LogP) is 2.03. The van der Waals surface area contributed by atoms with Crippen molar-refractivity contribution in [2.75, 3.05) is 31.1 Å². The first kappa shape index (κ1) is 15.0. The number of anilines is 1. The molecular weight excluding hydrogens is 274 g/mol. The minimum Gasteiger partial charge on any atom is -0.337 e. The summed E-state index contributed by atoms with van der Waals surface area (Å²) in [5.41, 5.74) is 2.81. The molecule has 1 aliphatic heterocycles. The van der Waals surface area contributed by atoms with Gasteiger partial charge in [-0.15, -0.1) is 5.10 Å².